The second kappa shape index (κ2) is 13.9. The SMILES string of the molecule is CCNC(=O)[C@H](CC)N(Cc1ccc(OC)cc1)C(=O)CN(c1cccc(Cl)c1Cl)S(=O)(=O)c1ccc(C)cc1. The van der Waals surface area contributed by atoms with E-state index in [1.54, 1.807) is 63.4 Å². The first-order valence-electron chi connectivity index (χ1n) is 12.8. The molecule has 2 amide bonds. The van der Waals surface area contributed by atoms with Crippen LogP contribution in [-0.4, -0.2) is 51.4 Å². The Kier molecular flexibility index (Phi) is 10.8. The molecule has 3 rings (SSSR count). The van der Waals surface area contributed by atoms with Gasteiger partial charge in [-0.05, 0) is 62.2 Å². The molecule has 0 unspecified atom stereocenters. The number of hydrogen-bond donors (Lipinski definition) is 1. The van der Waals surface area contributed by atoms with Gasteiger partial charge in [0, 0.05) is 13.1 Å². The van der Waals surface area contributed by atoms with E-state index < -0.39 is 28.5 Å². The molecular weight excluding hydrogens is 573 g/mol. The summed E-state index contributed by atoms with van der Waals surface area (Å²) in [5.74, 6) is -0.274. The van der Waals surface area contributed by atoms with E-state index in [1.165, 1.54) is 29.2 Å². The summed E-state index contributed by atoms with van der Waals surface area (Å²) in [4.78, 5) is 28.4. The molecule has 0 spiro atoms. The van der Waals surface area contributed by atoms with Crippen molar-refractivity contribution in [1.82, 2.24) is 10.2 Å². The van der Waals surface area contributed by atoms with E-state index in [4.69, 9.17) is 27.9 Å². The molecule has 11 heteroatoms. The Morgan fingerprint density at radius 3 is 2.20 bits per heavy atom. The van der Waals surface area contributed by atoms with Crippen molar-refractivity contribution in [1.29, 1.82) is 0 Å². The fourth-order valence-electron chi connectivity index (χ4n) is 4.18. The van der Waals surface area contributed by atoms with Crippen LogP contribution < -0.4 is 14.4 Å². The van der Waals surface area contributed by atoms with E-state index in [1.807, 2.05) is 6.92 Å². The zero-order valence-corrected chi connectivity index (χ0v) is 25.2. The van der Waals surface area contributed by atoms with Gasteiger partial charge in [0.05, 0.1) is 27.7 Å². The summed E-state index contributed by atoms with van der Waals surface area (Å²) in [6.45, 7) is 5.27. The van der Waals surface area contributed by atoms with Gasteiger partial charge in [-0.25, -0.2) is 8.42 Å². The Morgan fingerprint density at radius 2 is 1.62 bits per heavy atom. The normalized spacial score (nSPS) is 11.9. The smallest absolute Gasteiger partial charge is 0.264 e. The van der Waals surface area contributed by atoms with Gasteiger partial charge in [0.25, 0.3) is 10.0 Å². The Labute approximate surface area is 245 Å². The van der Waals surface area contributed by atoms with Gasteiger partial charge in [-0.2, -0.15) is 0 Å². The van der Waals surface area contributed by atoms with E-state index in [9.17, 15) is 18.0 Å². The highest BCUT2D eigenvalue weighted by atomic mass is 35.5. The summed E-state index contributed by atoms with van der Waals surface area (Å²) >= 11 is 12.7. The van der Waals surface area contributed by atoms with Gasteiger partial charge in [0.1, 0.15) is 18.3 Å². The predicted molar refractivity (Wildman–Crippen MR) is 158 cm³/mol. The van der Waals surface area contributed by atoms with Gasteiger partial charge in [0.15, 0.2) is 0 Å². The molecule has 0 fully saturated rings. The van der Waals surface area contributed by atoms with Gasteiger partial charge < -0.3 is 15.0 Å². The minimum Gasteiger partial charge on any atom is -0.497 e. The molecular formula is C29H33Cl2N3O5S. The molecule has 8 nitrogen and oxygen atoms in total. The summed E-state index contributed by atoms with van der Waals surface area (Å²) in [5, 5.41) is 2.90. The van der Waals surface area contributed by atoms with Crippen LogP contribution in [0.3, 0.4) is 0 Å². The van der Waals surface area contributed by atoms with Crippen LogP contribution in [0.2, 0.25) is 10.0 Å². The maximum absolute atomic E-state index is 14.0. The monoisotopic (exact) mass is 605 g/mol. The van der Waals surface area contributed by atoms with Gasteiger partial charge >= 0.3 is 0 Å². The van der Waals surface area contributed by atoms with Crippen LogP contribution in [0, 0.1) is 6.92 Å². The number of carbonyl (C=O) groups excluding carboxylic acids is 2. The number of carbonyl (C=O) groups is 2. The zero-order chi connectivity index (χ0) is 29.4. The number of methoxy groups -OCH3 is 1. The van der Waals surface area contributed by atoms with Crippen LogP contribution in [0.1, 0.15) is 31.4 Å². The number of likely N-dealkylation sites (N-methyl/N-ethyl adjacent to an activating group) is 1. The standard InChI is InChI=1S/C29H33Cl2N3O5S/c1-5-25(29(36)32-6-2)33(18-21-12-14-22(39-4)15-13-21)27(35)19-34(26-9-7-8-24(30)28(26)31)40(37,38)23-16-10-20(3)11-17-23/h7-17,25H,5-6,18-19H2,1-4H3,(H,32,36)/t25-/m0/s1. The lowest BCUT2D eigenvalue weighted by Crippen LogP contribution is -2.52. The highest BCUT2D eigenvalue weighted by molar-refractivity contribution is 7.92. The summed E-state index contributed by atoms with van der Waals surface area (Å²) < 4.78 is 34.0. The second-order valence-electron chi connectivity index (χ2n) is 9.09. The summed E-state index contributed by atoms with van der Waals surface area (Å²) in [6, 6.07) is 17.1. The van der Waals surface area contributed by atoms with Crippen molar-refractivity contribution in [2.75, 3.05) is 24.5 Å². The summed E-state index contributed by atoms with van der Waals surface area (Å²) in [7, 11) is -2.71. The van der Waals surface area contributed by atoms with E-state index in [2.05, 4.69) is 5.32 Å². The van der Waals surface area contributed by atoms with E-state index in [-0.39, 0.29) is 33.1 Å². The maximum atomic E-state index is 14.0. The first-order chi connectivity index (χ1) is 19.0. The zero-order valence-electron chi connectivity index (χ0n) is 22.9. The fraction of sp³-hybridized carbons (Fsp3) is 0.310. The van der Waals surface area contributed by atoms with Gasteiger partial charge in [-0.1, -0.05) is 66.0 Å². The number of anilines is 1. The molecule has 3 aromatic rings. The molecule has 0 saturated carbocycles. The molecule has 0 aliphatic carbocycles. The Morgan fingerprint density at radius 1 is 0.975 bits per heavy atom. The van der Waals surface area contributed by atoms with Crippen molar-refractivity contribution in [3.8, 4) is 5.75 Å². The van der Waals surface area contributed by atoms with Crippen LogP contribution in [-0.2, 0) is 26.2 Å². The maximum Gasteiger partial charge on any atom is 0.264 e. The number of rotatable bonds is 12. The third-order valence-electron chi connectivity index (χ3n) is 6.34. The lowest BCUT2D eigenvalue weighted by atomic mass is 10.1. The number of hydrogen-bond acceptors (Lipinski definition) is 5. The van der Waals surface area contributed by atoms with Crippen molar-refractivity contribution in [3.63, 3.8) is 0 Å². The Bertz CT molecular complexity index is 1430. The topological polar surface area (TPSA) is 96.0 Å². The van der Waals surface area contributed by atoms with Crippen LogP contribution >= 0.6 is 23.2 Å². The molecule has 0 saturated heterocycles. The number of nitrogens with one attached hydrogen (secondary N) is 1. The molecule has 214 valence electrons. The van der Waals surface area contributed by atoms with Crippen LogP contribution in [0.25, 0.3) is 0 Å². The van der Waals surface area contributed by atoms with Gasteiger partial charge in [-0.15, -0.1) is 0 Å². The second-order valence-corrected chi connectivity index (χ2v) is 11.7. The summed E-state index contributed by atoms with van der Waals surface area (Å²) in [6.07, 6.45) is 0.316. The molecule has 1 N–H and O–H groups in total. The lowest BCUT2D eigenvalue weighted by molar-refractivity contribution is -0.140. The van der Waals surface area contributed by atoms with Crippen molar-refractivity contribution >= 4 is 50.7 Å². The molecule has 0 aliphatic heterocycles. The van der Waals surface area contributed by atoms with Crippen LogP contribution in [0.4, 0.5) is 5.69 Å². The fourth-order valence-corrected chi connectivity index (χ4v) is 6.05. The molecule has 40 heavy (non-hydrogen) atoms. The first kappa shape index (κ1) is 31.3. The predicted octanol–water partition coefficient (Wildman–Crippen LogP) is 5.45. The quantitative estimate of drug-likeness (QED) is 0.296. The van der Waals surface area contributed by atoms with Crippen LogP contribution in [0.5, 0.6) is 5.75 Å². The summed E-state index contributed by atoms with van der Waals surface area (Å²) in [5.41, 5.74) is 1.67. The van der Waals surface area contributed by atoms with E-state index in [0.717, 1.165) is 15.4 Å². The molecule has 3 aromatic carbocycles. The average Bonchev–Trinajstić information content (AvgIpc) is 2.94. The minimum atomic E-state index is -4.26. The lowest BCUT2D eigenvalue weighted by Gasteiger charge is -2.33. The number of sulfonamides is 1. The molecule has 0 aliphatic rings. The Hall–Kier alpha value is -3.27. The van der Waals surface area contributed by atoms with Gasteiger partial charge in [-0.3, -0.25) is 13.9 Å². The highest BCUT2D eigenvalue weighted by Crippen LogP contribution is 2.35. The number of ether oxygens (including phenoxy) is 1. The third-order valence-corrected chi connectivity index (χ3v) is 8.92. The largest absolute Gasteiger partial charge is 0.497 e. The third kappa shape index (κ3) is 7.27. The molecule has 0 heterocycles. The van der Waals surface area contributed by atoms with Crippen molar-refractivity contribution < 1.29 is 22.7 Å². The number of halogens is 2. The molecule has 0 aromatic heterocycles. The van der Waals surface area contributed by atoms with Crippen molar-refractivity contribution in [2.24, 2.45) is 0 Å². The number of nitrogens with zero attached hydrogens (tertiary/aromatic N) is 2. The molecule has 0 bridgehead atoms. The van der Waals surface area contributed by atoms with Gasteiger partial charge in [0.2, 0.25) is 11.8 Å². The average molecular weight is 607 g/mol. The number of benzene rings is 3. The van der Waals surface area contributed by atoms with Crippen molar-refractivity contribution in [2.45, 2.75) is 44.7 Å². The molecule has 1 atom stereocenters. The Balaban J connectivity index is 2.09. The van der Waals surface area contributed by atoms with Crippen molar-refractivity contribution in [3.05, 3.63) is 87.9 Å². The number of aryl methyl sites for hydroxylation is 1. The molecule has 0 radical (unpaired) electrons. The van der Waals surface area contributed by atoms with E-state index >= 15 is 0 Å². The highest BCUT2D eigenvalue weighted by Gasteiger charge is 2.34. The number of amides is 2. The minimum absolute atomic E-state index is 0.00914. The van der Waals surface area contributed by atoms with Crippen LogP contribution in [0.15, 0.2) is 71.6 Å². The first-order valence-corrected chi connectivity index (χ1v) is 15.0. The van der Waals surface area contributed by atoms with E-state index in [0.29, 0.717) is 18.7 Å².